The van der Waals surface area contributed by atoms with E-state index in [1.807, 2.05) is 0 Å². The number of hydroxylamine groups is 2. The molecule has 3 heterocycles. The minimum absolute atomic E-state index is 0.0725. The first-order valence-electron chi connectivity index (χ1n) is 8.23. The third-order valence-electron chi connectivity index (χ3n) is 4.49. The summed E-state index contributed by atoms with van der Waals surface area (Å²) in [6.45, 7) is 3.36. The van der Waals surface area contributed by atoms with E-state index in [0.717, 1.165) is 25.7 Å². The van der Waals surface area contributed by atoms with Crippen molar-refractivity contribution in [3.05, 3.63) is 17.5 Å². The Labute approximate surface area is 135 Å². The second-order valence-electron chi connectivity index (χ2n) is 6.10. The van der Waals surface area contributed by atoms with Gasteiger partial charge in [0.15, 0.2) is 5.76 Å². The van der Waals surface area contributed by atoms with Gasteiger partial charge in [-0.05, 0) is 19.3 Å². The Balaban J connectivity index is 1.70. The summed E-state index contributed by atoms with van der Waals surface area (Å²) in [4.78, 5) is 20.0. The molecule has 1 aromatic rings. The van der Waals surface area contributed by atoms with E-state index >= 15 is 0 Å². The van der Waals surface area contributed by atoms with Gasteiger partial charge < -0.3 is 20.3 Å². The van der Waals surface area contributed by atoms with E-state index in [1.54, 1.807) is 11.0 Å². The molecule has 0 aliphatic carbocycles. The van der Waals surface area contributed by atoms with E-state index in [9.17, 15) is 9.90 Å². The summed E-state index contributed by atoms with van der Waals surface area (Å²) in [5.74, 6) is 0.340. The molecule has 3 atom stereocenters. The number of urea groups is 1. The smallest absolute Gasteiger partial charge is 0.344 e. The van der Waals surface area contributed by atoms with Crippen LogP contribution in [0.15, 0.2) is 10.6 Å². The van der Waals surface area contributed by atoms with Crippen LogP contribution in [0.25, 0.3) is 0 Å². The van der Waals surface area contributed by atoms with Crippen LogP contribution >= 0.6 is 0 Å². The predicted octanol–water partition coefficient (Wildman–Crippen LogP) is 1.34. The first-order chi connectivity index (χ1) is 11.2. The molecule has 0 saturated carbocycles. The highest BCUT2D eigenvalue weighted by molar-refractivity contribution is 5.77. The van der Waals surface area contributed by atoms with Crippen LogP contribution in [0, 0.1) is 0 Å². The Bertz CT molecular complexity index is 549. The third kappa shape index (κ3) is 3.06. The summed E-state index contributed by atoms with van der Waals surface area (Å²) in [6, 6.07) is 1.55. The molecule has 2 saturated heterocycles. The van der Waals surface area contributed by atoms with Crippen molar-refractivity contribution in [1.29, 1.82) is 0 Å². The Hall–Kier alpha value is -1.64. The van der Waals surface area contributed by atoms with Crippen molar-refractivity contribution in [1.82, 2.24) is 15.1 Å². The number of fused-ring (bicyclic) bond motifs is 2. The number of aromatic nitrogens is 1. The SMILES string of the molecule is CCCCON1C(=O)N2C[C@@H]1CC[C@H]2c1cc([C@H](O)CN)on1. The maximum atomic E-state index is 12.6. The van der Waals surface area contributed by atoms with Crippen LogP contribution in [0.2, 0.25) is 0 Å². The van der Waals surface area contributed by atoms with Crippen molar-refractivity contribution in [3.63, 3.8) is 0 Å². The van der Waals surface area contributed by atoms with Gasteiger partial charge in [0.2, 0.25) is 0 Å². The molecule has 8 nitrogen and oxygen atoms in total. The maximum absolute atomic E-state index is 12.6. The molecule has 0 aromatic carbocycles. The van der Waals surface area contributed by atoms with Gasteiger partial charge in [-0.2, -0.15) is 5.06 Å². The standard InChI is InChI=1S/C15H24N4O4/c1-2-3-6-22-19-10-4-5-12(18(9-10)15(19)21)11-7-14(23-17-11)13(20)8-16/h7,10,12-13,20H,2-6,8-9,16H2,1H3/t10-,12-,13+/m0/s1. The van der Waals surface area contributed by atoms with Crippen LogP contribution in [0.4, 0.5) is 4.79 Å². The molecule has 23 heavy (non-hydrogen) atoms. The molecule has 2 amide bonds. The number of aliphatic hydroxyl groups excluding tert-OH is 1. The van der Waals surface area contributed by atoms with E-state index in [1.165, 1.54) is 5.06 Å². The quantitative estimate of drug-likeness (QED) is 0.733. The molecule has 3 N–H and O–H groups in total. The number of hydrogen-bond donors (Lipinski definition) is 2. The molecule has 128 valence electrons. The fourth-order valence-corrected chi connectivity index (χ4v) is 3.15. The monoisotopic (exact) mass is 324 g/mol. The molecule has 2 fully saturated rings. The molecule has 3 rings (SSSR count). The van der Waals surface area contributed by atoms with E-state index in [-0.39, 0.29) is 24.7 Å². The van der Waals surface area contributed by atoms with Crippen LogP contribution in [0.3, 0.4) is 0 Å². The average molecular weight is 324 g/mol. The van der Waals surface area contributed by atoms with Crippen LogP contribution in [0.5, 0.6) is 0 Å². The van der Waals surface area contributed by atoms with Crippen molar-refractivity contribution < 1.29 is 19.3 Å². The number of piperidine rings is 1. The summed E-state index contributed by atoms with van der Waals surface area (Å²) in [6.07, 6.45) is 2.76. The van der Waals surface area contributed by atoms with E-state index < -0.39 is 6.10 Å². The molecule has 0 unspecified atom stereocenters. The lowest BCUT2D eigenvalue weighted by molar-refractivity contribution is -0.130. The summed E-state index contributed by atoms with van der Waals surface area (Å²) < 4.78 is 5.16. The molecule has 1 aromatic heterocycles. The lowest BCUT2D eigenvalue weighted by Crippen LogP contribution is -2.34. The number of aliphatic hydroxyl groups is 1. The number of carbonyl (C=O) groups is 1. The normalized spacial score (nSPS) is 25.3. The lowest BCUT2D eigenvalue weighted by atomic mass is 9.98. The van der Waals surface area contributed by atoms with Crippen LogP contribution in [0.1, 0.15) is 56.2 Å². The summed E-state index contributed by atoms with van der Waals surface area (Å²) in [7, 11) is 0. The molecule has 2 aliphatic heterocycles. The van der Waals surface area contributed by atoms with Gasteiger partial charge in [0.05, 0.1) is 18.7 Å². The Morgan fingerprint density at radius 1 is 1.57 bits per heavy atom. The molecular formula is C15H24N4O4. The Morgan fingerprint density at radius 3 is 3.13 bits per heavy atom. The highest BCUT2D eigenvalue weighted by Crippen LogP contribution is 2.38. The zero-order valence-corrected chi connectivity index (χ0v) is 13.4. The summed E-state index contributed by atoms with van der Waals surface area (Å²) in [5.41, 5.74) is 6.09. The molecular weight excluding hydrogens is 300 g/mol. The zero-order chi connectivity index (χ0) is 16.4. The number of nitrogens with two attached hydrogens (primary N) is 1. The minimum atomic E-state index is -0.865. The molecule has 2 bridgehead atoms. The minimum Gasteiger partial charge on any atom is -0.384 e. The van der Waals surface area contributed by atoms with E-state index in [2.05, 4.69) is 12.1 Å². The third-order valence-corrected chi connectivity index (χ3v) is 4.49. The second kappa shape index (κ2) is 6.86. The Morgan fingerprint density at radius 2 is 2.39 bits per heavy atom. The highest BCUT2D eigenvalue weighted by Gasteiger charge is 2.46. The number of carbonyl (C=O) groups excluding carboxylic acids is 1. The zero-order valence-electron chi connectivity index (χ0n) is 13.4. The molecule has 2 aliphatic rings. The molecule has 0 spiro atoms. The van der Waals surface area contributed by atoms with Gasteiger partial charge in [-0.25, -0.2) is 4.79 Å². The van der Waals surface area contributed by atoms with Crippen LogP contribution in [-0.2, 0) is 4.84 Å². The van der Waals surface area contributed by atoms with Gasteiger partial charge in [-0.15, -0.1) is 0 Å². The number of hydrogen-bond acceptors (Lipinski definition) is 6. The maximum Gasteiger partial charge on any atom is 0.344 e. The van der Waals surface area contributed by atoms with E-state index in [4.69, 9.17) is 15.1 Å². The van der Waals surface area contributed by atoms with Gasteiger partial charge in [0.1, 0.15) is 11.8 Å². The van der Waals surface area contributed by atoms with Crippen LogP contribution < -0.4 is 5.73 Å². The summed E-state index contributed by atoms with van der Waals surface area (Å²) in [5, 5.41) is 15.3. The topological polar surface area (TPSA) is 105 Å². The predicted molar refractivity (Wildman–Crippen MR) is 81.1 cm³/mol. The van der Waals surface area contributed by atoms with Crippen molar-refractivity contribution in [2.45, 2.75) is 50.8 Å². The highest BCUT2D eigenvalue weighted by atomic mass is 16.7. The van der Waals surface area contributed by atoms with Gasteiger partial charge in [0, 0.05) is 19.2 Å². The average Bonchev–Trinajstić information content (AvgIpc) is 3.14. The van der Waals surface area contributed by atoms with E-state index in [0.29, 0.717) is 24.6 Å². The van der Waals surface area contributed by atoms with Crippen molar-refractivity contribution in [2.75, 3.05) is 19.7 Å². The number of nitrogens with zero attached hydrogens (tertiary/aromatic N) is 3. The largest absolute Gasteiger partial charge is 0.384 e. The fraction of sp³-hybridized carbons (Fsp3) is 0.733. The lowest BCUT2D eigenvalue weighted by Gasteiger charge is -2.28. The first-order valence-corrected chi connectivity index (χ1v) is 8.23. The van der Waals surface area contributed by atoms with Gasteiger partial charge >= 0.3 is 6.03 Å². The number of amides is 2. The first kappa shape index (κ1) is 16.2. The van der Waals surface area contributed by atoms with Gasteiger partial charge in [0.25, 0.3) is 0 Å². The van der Waals surface area contributed by atoms with Crippen molar-refractivity contribution in [3.8, 4) is 0 Å². The summed E-state index contributed by atoms with van der Waals surface area (Å²) >= 11 is 0. The Kier molecular flexibility index (Phi) is 4.84. The van der Waals surface area contributed by atoms with Crippen molar-refractivity contribution in [2.24, 2.45) is 5.73 Å². The van der Waals surface area contributed by atoms with Gasteiger partial charge in [-0.1, -0.05) is 18.5 Å². The fourth-order valence-electron chi connectivity index (χ4n) is 3.15. The molecule has 8 heteroatoms. The number of rotatable bonds is 7. The van der Waals surface area contributed by atoms with Gasteiger partial charge in [-0.3, -0.25) is 4.84 Å². The second-order valence-corrected chi connectivity index (χ2v) is 6.10. The van der Waals surface area contributed by atoms with Crippen LogP contribution in [-0.4, -0.2) is 52.0 Å². The number of unbranched alkanes of at least 4 members (excludes halogenated alkanes) is 1. The van der Waals surface area contributed by atoms with Crippen molar-refractivity contribution >= 4 is 6.03 Å². The molecule has 0 radical (unpaired) electrons.